The fraction of sp³-hybridized carbons (Fsp3) is 0.412. The first-order valence-corrected chi connectivity index (χ1v) is 14.9. The maximum atomic E-state index is 14.5. The SMILES string of the molecule is CN1CC2C(=NNC2c2ccc(N(C)C)cc2)[C@@]2(C1)[C@H](c1ccc(N(C)C)cc1)CN(C)[C@]21C(=O)Nc2ccccc21. The summed E-state index contributed by atoms with van der Waals surface area (Å²) in [6.45, 7) is 2.37. The molecule has 4 aliphatic rings. The zero-order valence-electron chi connectivity index (χ0n) is 25.4. The Morgan fingerprint density at radius 2 is 1.45 bits per heavy atom. The summed E-state index contributed by atoms with van der Waals surface area (Å²) < 4.78 is 0. The maximum Gasteiger partial charge on any atom is 0.250 e. The van der Waals surface area contributed by atoms with E-state index in [1.54, 1.807) is 0 Å². The lowest BCUT2D eigenvalue weighted by molar-refractivity contribution is -0.130. The number of nitrogens with zero attached hydrogens (tertiary/aromatic N) is 5. The quantitative estimate of drug-likeness (QED) is 0.502. The lowest BCUT2D eigenvalue weighted by Gasteiger charge is -2.53. The molecule has 0 saturated carbocycles. The van der Waals surface area contributed by atoms with Crippen LogP contribution in [0, 0.1) is 11.3 Å². The maximum absolute atomic E-state index is 14.5. The molecule has 3 aromatic rings. The number of piperidine rings is 1. The van der Waals surface area contributed by atoms with Gasteiger partial charge in [-0.2, -0.15) is 5.10 Å². The summed E-state index contributed by atoms with van der Waals surface area (Å²) in [5, 5.41) is 8.54. The van der Waals surface area contributed by atoms with Gasteiger partial charge in [0, 0.05) is 82.3 Å². The van der Waals surface area contributed by atoms with Crippen molar-refractivity contribution in [3.63, 3.8) is 0 Å². The van der Waals surface area contributed by atoms with Crippen molar-refractivity contribution in [2.75, 3.05) is 77.0 Å². The predicted octanol–water partition coefficient (Wildman–Crippen LogP) is 3.94. The average Bonchev–Trinajstić information content (AvgIpc) is 3.61. The molecule has 7 rings (SSSR count). The van der Waals surface area contributed by atoms with E-state index in [1.807, 2.05) is 12.1 Å². The number of rotatable bonds is 4. The summed E-state index contributed by atoms with van der Waals surface area (Å²) in [5.41, 5.74) is 10.0. The van der Waals surface area contributed by atoms with Crippen LogP contribution in [0.1, 0.15) is 28.7 Å². The number of hydrogen-bond acceptors (Lipinski definition) is 7. The van der Waals surface area contributed by atoms with Crippen LogP contribution in [0.15, 0.2) is 77.9 Å². The predicted molar refractivity (Wildman–Crippen MR) is 170 cm³/mol. The fourth-order valence-corrected chi connectivity index (χ4v) is 8.49. The summed E-state index contributed by atoms with van der Waals surface area (Å²) in [6, 6.07) is 26.0. The highest BCUT2D eigenvalue weighted by Gasteiger charge is 2.74. The van der Waals surface area contributed by atoms with Crippen molar-refractivity contribution in [3.05, 3.63) is 89.5 Å². The van der Waals surface area contributed by atoms with Crippen LogP contribution in [0.5, 0.6) is 0 Å². The summed E-state index contributed by atoms with van der Waals surface area (Å²) in [7, 11) is 12.6. The van der Waals surface area contributed by atoms with E-state index >= 15 is 0 Å². The number of amides is 1. The van der Waals surface area contributed by atoms with Gasteiger partial charge in [0.25, 0.3) is 5.91 Å². The van der Waals surface area contributed by atoms with Gasteiger partial charge < -0.3 is 25.4 Å². The van der Waals surface area contributed by atoms with Crippen molar-refractivity contribution < 1.29 is 4.79 Å². The summed E-state index contributed by atoms with van der Waals surface area (Å²) >= 11 is 0. The molecule has 1 amide bonds. The van der Waals surface area contributed by atoms with Crippen LogP contribution in [0.4, 0.5) is 17.1 Å². The summed E-state index contributed by atoms with van der Waals surface area (Å²) in [6.07, 6.45) is 0. The van der Waals surface area contributed by atoms with Gasteiger partial charge >= 0.3 is 0 Å². The first-order chi connectivity index (χ1) is 20.2. The van der Waals surface area contributed by atoms with E-state index in [0.29, 0.717) is 0 Å². The second kappa shape index (κ2) is 9.57. The first-order valence-electron chi connectivity index (χ1n) is 14.9. The van der Waals surface area contributed by atoms with Crippen LogP contribution in [-0.2, 0) is 10.3 Å². The van der Waals surface area contributed by atoms with Crippen molar-refractivity contribution in [1.82, 2.24) is 15.2 Å². The van der Waals surface area contributed by atoms with E-state index < -0.39 is 11.0 Å². The number of hydrazone groups is 1. The van der Waals surface area contributed by atoms with Crippen molar-refractivity contribution in [2.45, 2.75) is 17.5 Å². The Labute approximate surface area is 249 Å². The number of carbonyl (C=O) groups excluding carboxylic acids is 1. The fourth-order valence-electron chi connectivity index (χ4n) is 8.49. The third kappa shape index (κ3) is 3.54. The average molecular weight is 564 g/mol. The van der Waals surface area contributed by atoms with Gasteiger partial charge in [0.15, 0.2) is 0 Å². The number of nitrogens with one attached hydrogen (secondary N) is 2. The number of likely N-dealkylation sites (N-methyl/N-ethyl adjacent to an activating group) is 1. The monoisotopic (exact) mass is 563 g/mol. The smallest absolute Gasteiger partial charge is 0.250 e. The molecule has 2 saturated heterocycles. The molecule has 42 heavy (non-hydrogen) atoms. The molecule has 8 heteroatoms. The molecule has 0 bridgehead atoms. The zero-order chi connectivity index (χ0) is 29.4. The molecule has 3 aromatic carbocycles. The molecule has 5 atom stereocenters. The highest BCUT2D eigenvalue weighted by Crippen LogP contribution is 2.65. The number of anilines is 3. The Kier molecular flexibility index (Phi) is 6.15. The Morgan fingerprint density at radius 3 is 2.10 bits per heavy atom. The molecular formula is C34H41N7O. The number of fused-ring (bicyclic) bond motifs is 5. The number of hydrogen-bond donors (Lipinski definition) is 2. The molecule has 8 nitrogen and oxygen atoms in total. The molecule has 0 radical (unpaired) electrons. The molecule has 0 aliphatic carbocycles. The Balaban J connectivity index is 1.42. The Hall–Kier alpha value is -3.88. The van der Waals surface area contributed by atoms with Crippen molar-refractivity contribution >= 4 is 28.7 Å². The van der Waals surface area contributed by atoms with E-state index in [2.05, 4.69) is 133 Å². The van der Waals surface area contributed by atoms with Gasteiger partial charge in [-0.1, -0.05) is 42.5 Å². The van der Waals surface area contributed by atoms with Crippen molar-refractivity contribution in [3.8, 4) is 0 Å². The molecule has 2 spiro atoms. The van der Waals surface area contributed by atoms with Crippen LogP contribution in [0.25, 0.3) is 0 Å². The van der Waals surface area contributed by atoms with Gasteiger partial charge in [-0.25, -0.2) is 0 Å². The molecule has 218 valence electrons. The van der Waals surface area contributed by atoms with E-state index in [9.17, 15) is 4.79 Å². The Morgan fingerprint density at radius 1 is 0.833 bits per heavy atom. The van der Waals surface area contributed by atoms with Crippen molar-refractivity contribution in [2.24, 2.45) is 16.4 Å². The minimum atomic E-state index is -0.883. The third-order valence-corrected chi connectivity index (χ3v) is 10.3. The standard InChI is InChI=1S/C34H41N7O/c1-38(2)24-15-11-22(12-16-24)28-20-41(6)34(27-9-7-8-10-29(27)35-32(34)42)33(28)21-40(5)19-26-30(36-37-31(26)33)23-13-17-25(18-14-23)39(3)4/h7-18,26,28,30,36H,19-21H2,1-6H3,(H,35,42)/t26?,28-,30?,33+,34+/m0/s1. The number of carbonyl (C=O) groups is 1. The van der Waals surface area contributed by atoms with Crippen LogP contribution in [0.3, 0.4) is 0 Å². The van der Waals surface area contributed by atoms with E-state index in [4.69, 9.17) is 5.10 Å². The molecule has 4 heterocycles. The summed E-state index contributed by atoms with van der Waals surface area (Å²) in [4.78, 5) is 23.6. The van der Waals surface area contributed by atoms with Gasteiger partial charge in [0.05, 0.1) is 17.2 Å². The Bertz CT molecular complexity index is 1550. The topological polar surface area (TPSA) is 66.5 Å². The number of benzene rings is 3. The van der Waals surface area contributed by atoms with Gasteiger partial charge in [0.2, 0.25) is 0 Å². The van der Waals surface area contributed by atoms with Gasteiger partial charge in [0.1, 0.15) is 5.54 Å². The van der Waals surface area contributed by atoms with Crippen molar-refractivity contribution in [1.29, 1.82) is 0 Å². The lowest BCUT2D eigenvalue weighted by atomic mass is 9.54. The minimum absolute atomic E-state index is 0.0373. The molecule has 0 aromatic heterocycles. The van der Waals surface area contributed by atoms with Gasteiger partial charge in [-0.15, -0.1) is 0 Å². The molecule has 4 aliphatic heterocycles. The molecule has 2 unspecified atom stereocenters. The first kappa shape index (κ1) is 27.0. The van der Waals surface area contributed by atoms with E-state index in [-0.39, 0.29) is 23.8 Å². The highest BCUT2D eigenvalue weighted by molar-refractivity contribution is 6.13. The molecular weight excluding hydrogens is 522 g/mol. The molecule has 2 N–H and O–H groups in total. The van der Waals surface area contributed by atoms with Crippen LogP contribution >= 0.6 is 0 Å². The van der Waals surface area contributed by atoms with Crippen LogP contribution in [-0.4, -0.2) is 83.3 Å². The third-order valence-electron chi connectivity index (χ3n) is 10.3. The van der Waals surface area contributed by atoms with Gasteiger partial charge in [-0.05, 0) is 55.6 Å². The summed E-state index contributed by atoms with van der Waals surface area (Å²) in [5.74, 6) is 0.242. The second-order valence-electron chi connectivity index (χ2n) is 13.0. The van der Waals surface area contributed by atoms with Crippen LogP contribution < -0.4 is 20.5 Å². The van der Waals surface area contributed by atoms with Crippen LogP contribution in [0.2, 0.25) is 0 Å². The molecule has 2 fully saturated rings. The van der Waals surface area contributed by atoms with Gasteiger partial charge in [-0.3, -0.25) is 9.69 Å². The second-order valence-corrected chi connectivity index (χ2v) is 13.0. The van der Waals surface area contributed by atoms with E-state index in [0.717, 1.165) is 42.3 Å². The zero-order valence-corrected chi connectivity index (χ0v) is 25.4. The normalized spacial score (nSPS) is 30.2. The lowest BCUT2D eigenvalue weighted by Crippen LogP contribution is -2.66. The largest absolute Gasteiger partial charge is 0.378 e. The number of para-hydroxylation sites is 1. The minimum Gasteiger partial charge on any atom is -0.378 e. The highest BCUT2D eigenvalue weighted by atomic mass is 16.2. The van der Waals surface area contributed by atoms with E-state index in [1.165, 1.54) is 16.8 Å². The number of likely N-dealkylation sites (tertiary alicyclic amines) is 2.